The number of ether oxygens (including phenoxy) is 1. The van der Waals surface area contributed by atoms with Crippen molar-refractivity contribution in [3.8, 4) is 50.8 Å². The molecule has 226 valence electrons. The second-order valence-corrected chi connectivity index (χ2v) is 12.6. The summed E-state index contributed by atoms with van der Waals surface area (Å²) in [5.74, 6) is 2.61. The molecule has 2 aliphatic rings. The Kier molecular flexibility index (Phi) is 5.61. The predicted octanol–water partition coefficient (Wildman–Crippen LogP) is 10.4. The Morgan fingerprint density at radius 3 is 1.85 bits per heavy atom. The lowest BCUT2D eigenvalue weighted by Crippen LogP contribution is -2.32. The van der Waals surface area contributed by atoms with Gasteiger partial charge in [0.15, 0.2) is 0 Å². The van der Waals surface area contributed by atoms with Gasteiger partial charge in [0.25, 0.3) is 0 Å². The van der Waals surface area contributed by atoms with Crippen molar-refractivity contribution in [1.29, 1.82) is 0 Å². The summed E-state index contributed by atoms with van der Waals surface area (Å²) in [5.41, 5.74) is 19.8. The summed E-state index contributed by atoms with van der Waals surface area (Å²) in [7, 11) is 0. The number of imidazole rings is 1. The Morgan fingerprint density at radius 2 is 1.10 bits per heavy atom. The van der Waals surface area contributed by atoms with E-state index in [1.54, 1.807) is 0 Å². The van der Waals surface area contributed by atoms with Gasteiger partial charge in [-0.15, -0.1) is 0 Å². The Bertz CT molecular complexity index is 2500. The van der Waals surface area contributed by atoms with Crippen molar-refractivity contribution in [1.82, 2.24) is 9.55 Å². The lowest BCUT2D eigenvalue weighted by Gasteiger charge is -2.40. The number of hydrogen-bond acceptors (Lipinski definition) is 3. The molecule has 1 aliphatic carbocycles. The smallest absolute Gasteiger partial charge is 0.145 e. The van der Waals surface area contributed by atoms with E-state index >= 15 is 0 Å². The number of hydrogen-bond donors (Lipinski definition) is 1. The highest BCUT2D eigenvalue weighted by Crippen LogP contribution is 2.62. The molecule has 2 N–H and O–H groups in total. The topological polar surface area (TPSA) is 53.1 Å². The number of nitrogens with zero attached hydrogens (tertiary/aromatic N) is 2. The first-order valence-electron chi connectivity index (χ1n) is 16.3. The number of para-hydroxylation sites is 2. The summed E-state index contributed by atoms with van der Waals surface area (Å²) >= 11 is 0. The normalized spacial score (nSPS) is 13.4. The molecule has 48 heavy (non-hydrogen) atoms. The maximum Gasteiger partial charge on any atom is 0.145 e. The van der Waals surface area contributed by atoms with Crippen LogP contribution in [0.25, 0.3) is 50.4 Å². The highest BCUT2D eigenvalue weighted by Gasteiger charge is 2.51. The van der Waals surface area contributed by atoms with Crippen molar-refractivity contribution in [2.45, 2.75) is 5.41 Å². The van der Waals surface area contributed by atoms with Crippen molar-refractivity contribution in [3.63, 3.8) is 0 Å². The fourth-order valence-electron chi connectivity index (χ4n) is 7.95. The molecule has 0 saturated carbocycles. The van der Waals surface area contributed by atoms with E-state index < -0.39 is 5.41 Å². The first-order chi connectivity index (χ1) is 23.7. The lowest BCUT2D eigenvalue weighted by molar-refractivity contribution is 0.436. The molecule has 1 aliphatic heterocycles. The molecule has 0 radical (unpaired) electrons. The highest BCUT2D eigenvalue weighted by molar-refractivity contribution is 5.90. The molecule has 7 aromatic carbocycles. The summed E-state index contributed by atoms with van der Waals surface area (Å²) in [6.07, 6.45) is 0. The van der Waals surface area contributed by atoms with Crippen LogP contribution in [0.4, 0.5) is 5.69 Å². The van der Waals surface area contributed by atoms with Crippen LogP contribution in [0, 0.1) is 0 Å². The van der Waals surface area contributed by atoms with Crippen LogP contribution in [-0.2, 0) is 5.41 Å². The predicted molar refractivity (Wildman–Crippen MR) is 194 cm³/mol. The number of nitrogen functional groups attached to an aromatic ring is 1. The van der Waals surface area contributed by atoms with Gasteiger partial charge in [-0.2, -0.15) is 0 Å². The van der Waals surface area contributed by atoms with E-state index in [2.05, 4.69) is 144 Å². The third-order valence-corrected chi connectivity index (χ3v) is 10.0. The average molecular weight is 616 g/mol. The van der Waals surface area contributed by atoms with E-state index in [9.17, 15) is 0 Å². The molecule has 4 nitrogen and oxygen atoms in total. The molecule has 1 spiro atoms. The van der Waals surface area contributed by atoms with Gasteiger partial charge in [0.05, 0.1) is 16.4 Å². The number of benzene rings is 7. The van der Waals surface area contributed by atoms with Crippen LogP contribution < -0.4 is 10.5 Å². The van der Waals surface area contributed by atoms with Gasteiger partial charge >= 0.3 is 0 Å². The molecule has 0 fully saturated rings. The van der Waals surface area contributed by atoms with E-state index in [0.29, 0.717) is 0 Å². The summed E-state index contributed by atoms with van der Waals surface area (Å²) < 4.78 is 9.12. The third kappa shape index (κ3) is 3.68. The van der Waals surface area contributed by atoms with Crippen LogP contribution in [0.5, 0.6) is 11.5 Å². The number of rotatable bonds is 3. The largest absolute Gasteiger partial charge is 0.457 e. The molecule has 4 heteroatoms. The number of aromatic nitrogens is 2. The van der Waals surface area contributed by atoms with Crippen LogP contribution in [-0.4, -0.2) is 9.55 Å². The van der Waals surface area contributed by atoms with Crippen molar-refractivity contribution >= 4 is 16.7 Å². The molecule has 0 unspecified atom stereocenters. The van der Waals surface area contributed by atoms with Gasteiger partial charge in [0, 0.05) is 28.1 Å². The number of fused-ring (bicyclic) bond motifs is 10. The van der Waals surface area contributed by atoms with Gasteiger partial charge in [-0.3, -0.25) is 4.57 Å². The molecule has 0 atom stereocenters. The molecule has 1 aromatic heterocycles. The minimum Gasteiger partial charge on any atom is -0.457 e. The van der Waals surface area contributed by atoms with Crippen molar-refractivity contribution in [2.75, 3.05) is 5.73 Å². The van der Waals surface area contributed by atoms with Crippen LogP contribution in [0.1, 0.15) is 22.3 Å². The Labute approximate surface area is 278 Å². The standard InChI is InChI=1S/C44H29N3O/c45-31-21-18-28(19-22-31)30-20-24-41-37(26-30)44(35-14-6-4-12-33(35)34-13-5-7-15-36(34)44)38-27-32(23-25-42(38)48-41)47-40-17-9-8-16-39(40)46-43(47)29-10-2-1-3-11-29/h1-27H,45H2. The summed E-state index contributed by atoms with van der Waals surface area (Å²) in [4.78, 5) is 5.14. The van der Waals surface area contributed by atoms with Crippen LogP contribution in [0.2, 0.25) is 0 Å². The molecule has 8 aromatic rings. The molecule has 10 rings (SSSR count). The molecule has 0 bridgehead atoms. The minimum absolute atomic E-state index is 0.612. The second-order valence-electron chi connectivity index (χ2n) is 12.6. The van der Waals surface area contributed by atoms with Crippen molar-refractivity contribution in [3.05, 3.63) is 186 Å². The zero-order valence-electron chi connectivity index (χ0n) is 26.0. The fourth-order valence-corrected chi connectivity index (χ4v) is 7.95. The second kappa shape index (κ2) is 10.1. The molecular formula is C44H29N3O. The van der Waals surface area contributed by atoms with E-state index in [0.717, 1.165) is 67.5 Å². The monoisotopic (exact) mass is 615 g/mol. The van der Waals surface area contributed by atoms with Gasteiger partial charge in [-0.05, 0) is 88.0 Å². The zero-order chi connectivity index (χ0) is 31.8. The third-order valence-electron chi connectivity index (χ3n) is 10.0. The van der Waals surface area contributed by atoms with Crippen molar-refractivity contribution in [2.24, 2.45) is 0 Å². The first-order valence-corrected chi connectivity index (χ1v) is 16.3. The average Bonchev–Trinajstić information content (AvgIpc) is 3.67. The van der Waals surface area contributed by atoms with E-state index in [-0.39, 0.29) is 0 Å². The Balaban J connectivity index is 1.30. The molecule has 0 amide bonds. The van der Waals surface area contributed by atoms with E-state index in [4.69, 9.17) is 15.5 Å². The summed E-state index contributed by atoms with van der Waals surface area (Å²) in [5, 5.41) is 0. The maximum absolute atomic E-state index is 6.83. The fraction of sp³-hybridized carbons (Fsp3) is 0.0227. The quantitative estimate of drug-likeness (QED) is 0.201. The zero-order valence-corrected chi connectivity index (χ0v) is 26.0. The minimum atomic E-state index is -0.612. The highest BCUT2D eigenvalue weighted by atomic mass is 16.5. The van der Waals surface area contributed by atoms with Gasteiger partial charge in [0.2, 0.25) is 0 Å². The van der Waals surface area contributed by atoms with E-state index in [1.165, 1.54) is 22.3 Å². The molecule has 2 heterocycles. The molecular weight excluding hydrogens is 587 g/mol. The Morgan fingerprint density at radius 1 is 0.500 bits per heavy atom. The van der Waals surface area contributed by atoms with Crippen LogP contribution >= 0.6 is 0 Å². The van der Waals surface area contributed by atoms with E-state index in [1.807, 2.05) is 24.3 Å². The van der Waals surface area contributed by atoms with Crippen molar-refractivity contribution < 1.29 is 4.74 Å². The number of anilines is 1. The SMILES string of the molecule is Nc1ccc(-c2ccc3c(c2)C2(c4cc(-n5c(-c6ccccc6)nc6ccccc65)ccc4O3)c3ccccc3-c3ccccc32)cc1. The Hall–Kier alpha value is -6.39. The number of nitrogens with two attached hydrogens (primary N) is 1. The molecule has 0 saturated heterocycles. The van der Waals surface area contributed by atoms with Gasteiger partial charge < -0.3 is 10.5 Å². The lowest BCUT2D eigenvalue weighted by atomic mass is 9.65. The first kappa shape index (κ1) is 26.8. The van der Waals surface area contributed by atoms with Crippen LogP contribution in [0.3, 0.4) is 0 Å². The van der Waals surface area contributed by atoms with Gasteiger partial charge in [-0.1, -0.05) is 109 Å². The summed E-state index contributed by atoms with van der Waals surface area (Å²) in [6, 6.07) is 57.8. The van der Waals surface area contributed by atoms with Crippen LogP contribution in [0.15, 0.2) is 164 Å². The van der Waals surface area contributed by atoms with Gasteiger partial charge in [-0.25, -0.2) is 4.98 Å². The van der Waals surface area contributed by atoms with Gasteiger partial charge in [0.1, 0.15) is 17.3 Å². The maximum atomic E-state index is 6.83. The summed E-state index contributed by atoms with van der Waals surface area (Å²) in [6.45, 7) is 0.